The monoisotopic (exact) mass is 434 g/mol. The van der Waals surface area contributed by atoms with Crippen molar-refractivity contribution in [1.29, 1.82) is 0 Å². The second-order valence-corrected chi connectivity index (χ2v) is 4.63. The SMILES string of the molecule is Br.Br.C=C(n1ccnc1CCCN)n1ccnc1CCCN. The van der Waals surface area contributed by atoms with Crippen LogP contribution in [0.1, 0.15) is 24.5 Å². The van der Waals surface area contributed by atoms with Gasteiger partial charge in [-0.1, -0.05) is 6.58 Å². The fraction of sp³-hybridized carbons (Fsp3) is 0.429. The summed E-state index contributed by atoms with van der Waals surface area (Å²) in [5, 5.41) is 0. The average Bonchev–Trinajstić information content (AvgIpc) is 3.10. The van der Waals surface area contributed by atoms with Gasteiger partial charge in [-0.05, 0) is 25.9 Å². The number of aryl methyl sites for hydroxylation is 2. The van der Waals surface area contributed by atoms with Gasteiger partial charge in [-0.2, -0.15) is 0 Å². The topological polar surface area (TPSA) is 87.7 Å². The molecule has 2 rings (SSSR count). The van der Waals surface area contributed by atoms with Crippen LogP contribution in [-0.4, -0.2) is 32.2 Å². The van der Waals surface area contributed by atoms with E-state index in [1.807, 2.05) is 21.5 Å². The van der Waals surface area contributed by atoms with Crippen LogP contribution in [-0.2, 0) is 12.8 Å². The molecule has 0 bridgehead atoms. The molecule has 22 heavy (non-hydrogen) atoms. The molecule has 0 amide bonds. The second-order valence-electron chi connectivity index (χ2n) is 4.63. The van der Waals surface area contributed by atoms with Gasteiger partial charge in [-0.15, -0.1) is 34.0 Å². The lowest BCUT2D eigenvalue weighted by Crippen LogP contribution is -2.16. The molecule has 2 aromatic heterocycles. The predicted molar refractivity (Wildman–Crippen MR) is 99.5 cm³/mol. The van der Waals surface area contributed by atoms with Gasteiger partial charge in [-0.3, -0.25) is 9.13 Å². The third-order valence-electron chi connectivity index (χ3n) is 3.20. The average molecular weight is 436 g/mol. The first kappa shape index (κ1) is 21.0. The highest BCUT2D eigenvalue weighted by molar-refractivity contribution is 8.93. The maximum Gasteiger partial charge on any atom is 0.116 e. The molecule has 2 aromatic rings. The van der Waals surface area contributed by atoms with E-state index in [-0.39, 0.29) is 34.0 Å². The Kier molecular flexibility index (Phi) is 10.2. The zero-order chi connectivity index (χ0) is 14.4. The van der Waals surface area contributed by atoms with Crippen molar-refractivity contribution >= 4 is 34.0 Å². The first-order valence-electron chi connectivity index (χ1n) is 6.92. The van der Waals surface area contributed by atoms with E-state index in [9.17, 15) is 0 Å². The highest BCUT2D eigenvalue weighted by Gasteiger charge is 2.10. The number of nitrogens with zero attached hydrogens (tertiary/aromatic N) is 4. The van der Waals surface area contributed by atoms with Crippen LogP contribution in [0.4, 0.5) is 0 Å². The van der Waals surface area contributed by atoms with Gasteiger partial charge in [0.25, 0.3) is 0 Å². The van der Waals surface area contributed by atoms with Crippen LogP contribution in [0.5, 0.6) is 0 Å². The molecule has 124 valence electrons. The van der Waals surface area contributed by atoms with Crippen LogP contribution in [0.25, 0.3) is 0 Å². The predicted octanol–water partition coefficient (Wildman–Crippen LogP) is 1.81. The van der Waals surface area contributed by atoms with Gasteiger partial charge in [-0.25, -0.2) is 9.97 Å². The number of imidazole rings is 2. The molecule has 0 aliphatic carbocycles. The van der Waals surface area contributed by atoms with Crippen LogP contribution >= 0.6 is 34.0 Å². The Balaban J connectivity index is 0.00000220. The fourth-order valence-corrected chi connectivity index (χ4v) is 2.14. The van der Waals surface area contributed by atoms with E-state index in [0.29, 0.717) is 13.1 Å². The Morgan fingerprint density at radius 3 is 1.68 bits per heavy atom. The molecule has 6 nitrogen and oxygen atoms in total. The van der Waals surface area contributed by atoms with E-state index in [1.54, 1.807) is 12.4 Å². The summed E-state index contributed by atoms with van der Waals surface area (Å²) < 4.78 is 3.98. The Hall–Kier alpha value is -0.960. The molecule has 8 heteroatoms. The van der Waals surface area contributed by atoms with Crippen molar-refractivity contribution in [1.82, 2.24) is 19.1 Å². The molecule has 0 saturated carbocycles. The fourth-order valence-electron chi connectivity index (χ4n) is 2.14. The summed E-state index contributed by atoms with van der Waals surface area (Å²) in [6.07, 6.45) is 10.9. The lowest BCUT2D eigenvalue weighted by molar-refractivity contribution is 0.654. The van der Waals surface area contributed by atoms with Crippen molar-refractivity contribution < 1.29 is 0 Å². The number of aromatic nitrogens is 4. The molecule has 0 saturated heterocycles. The number of halogens is 2. The number of nitrogens with two attached hydrogens (primary N) is 2. The Morgan fingerprint density at radius 1 is 0.909 bits per heavy atom. The third kappa shape index (κ3) is 5.05. The molecule has 0 aliphatic heterocycles. The minimum atomic E-state index is 0. The molecular weight excluding hydrogens is 412 g/mol. The van der Waals surface area contributed by atoms with E-state index < -0.39 is 0 Å². The Bertz CT molecular complexity index is 515. The van der Waals surface area contributed by atoms with Crippen molar-refractivity contribution in [3.8, 4) is 0 Å². The molecular formula is C14H24Br2N6. The van der Waals surface area contributed by atoms with Gasteiger partial charge in [0.05, 0.1) is 0 Å². The van der Waals surface area contributed by atoms with E-state index in [2.05, 4.69) is 16.5 Å². The zero-order valence-electron chi connectivity index (χ0n) is 12.5. The molecule has 0 fully saturated rings. The first-order chi connectivity index (χ1) is 9.77. The molecule has 0 aliphatic rings. The third-order valence-corrected chi connectivity index (χ3v) is 3.20. The normalized spacial score (nSPS) is 9.91. The maximum atomic E-state index is 5.56. The Morgan fingerprint density at radius 2 is 1.32 bits per heavy atom. The summed E-state index contributed by atoms with van der Waals surface area (Å²) in [5.41, 5.74) is 11.1. The van der Waals surface area contributed by atoms with Crippen molar-refractivity contribution in [2.45, 2.75) is 25.7 Å². The molecule has 0 unspecified atom stereocenters. The van der Waals surface area contributed by atoms with Crippen molar-refractivity contribution in [2.24, 2.45) is 11.5 Å². The molecule has 0 spiro atoms. The number of hydrogen-bond acceptors (Lipinski definition) is 4. The van der Waals surface area contributed by atoms with Crippen LogP contribution in [0.3, 0.4) is 0 Å². The van der Waals surface area contributed by atoms with Gasteiger partial charge in [0.15, 0.2) is 0 Å². The van der Waals surface area contributed by atoms with Crippen LogP contribution in [0.15, 0.2) is 31.4 Å². The van der Waals surface area contributed by atoms with Crippen LogP contribution in [0.2, 0.25) is 0 Å². The smallest absolute Gasteiger partial charge is 0.116 e. The standard InChI is InChI=1S/C14H22N6.2BrH/c1-12(19-10-8-17-13(19)4-2-6-15)20-11-9-18-14(20)5-3-7-16;;/h8-11H,1-7,15-16H2;2*1H. The molecule has 0 radical (unpaired) electrons. The van der Waals surface area contributed by atoms with E-state index in [1.165, 1.54) is 0 Å². The van der Waals surface area contributed by atoms with E-state index in [4.69, 9.17) is 11.5 Å². The van der Waals surface area contributed by atoms with Crippen LogP contribution in [0, 0.1) is 5.82 Å². The molecule has 0 aromatic carbocycles. The van der Waals surface area contributed by atoms with Crippen molar-refractivity contribution in [3.05, 3.63) is 48.8 Å². The first-order valence-corrected chi connectivity index (χ1v) is 6.92. The lowest BCUT2D eigenvalue weighted by atomic mass is 10.3. The van der Waals surface area contributed by atoms with Gasteiger partial charge in [0, 0.05) is 37.6 Å². The summed E-state index contributed by atoms with van der Waals surface area (Å²) in [7, 11) is 0. The van der Waals surface area contributed by atoms with Crippen molar-refractivity contribution in [2.75, 3.05) is 13.1 Å². The summed E-state index contributed by atoms with van der Waals surface area (Å²) in [6.45, 7) is 5.48. The molecule has 2 heterocycles. The van der Waals surface area contributed by atoms with Gasteiger partial charge >= 0.3 is 0 Å². The van der Waals surface area contributed by atoms with Gasteiger partial charge < -0.3 is 11.5 Å². The quantitative estimate of drug-likeness (QED) is 0.661. The zero-order valence-corrected chi connectivity index (χ0v) is 15.9. The summed E-state index contributed by atoms with van der Waals surface area (Å²) in [5.74, 6) is 2.77. The molecule has 4 N–H and O–H groups in total. The van der Waals surface area contributed by atoms with E-state index >= 15 is 0 Å². The van der Waals surface area contributed by atoms with Crippen molar-refractivity contribution in [3.63, 3.8) is 0 Å². The summed E-state index contributed by atoms with van der Waals surface area (Å²) >= 11 is 0. The largest absolute Gasteiger partial charge is 0.330 e. The lowest BCUT2D eigenvalue weighted by Gasteiger charge is -2.14. The number of rotatable bonds is 8. The van der Waals surface area contributed by atoms with Gasteiger partial charge in [0.1, 0.15) is 17.5 Å². The summed E-state index contributed by atoms with van der Waals surface area (Å²) in [4.78, 5) is 8.74. The Labute approximate surface area is 152 Å². The highest BCUT2D eigenvalue weighted by Crippen LogP contribution is 2.11. The van der Waals surface area contributed by atoms with Crippen LogP contribution < -0.4 is 11.5 Å². The minimum Gasteiger partial charge on any atom is -0.330 e. The van der Waals surface area contributed by atoms with E-state index in [0.717, 1.165) is 43.2 Å². The molecule has 0 atom stereocenters. The second kappa shape index (κ2) is 10.7. The minimum absolute atomic E-state index is 0. The van der Waals surface area contributed by atoms with Gasteiger partial charge in [0.2, 0.25) is 0 Å². The summed E-state index contributed by atoms with van der Waals surface area (Å²) in [6, 6.07) is 0. The maximum absolute atomic E-state index is 5.56. The number of hydrogen-bond donors (Lipinski definition) is 2. The highest BCUT2D eigenvalue weighted by atomic mass is 79.9.